The van der Waals surface area contributed by atoms with Crippen LogP contribution >= 0.6 is 23.9 Å². The van der Waals surface area contributed by atoms with Crippen molar-refractivity contribution >= 4 is 47.6 Å². The molecule has 2 fully saturated rings. The van der Waals surface area contributed by atoms with Gasteiger partial charge in [0.25, 0.3) is 0 Å². The third kappa shape index (κ3) is 9.22. The number of hydrogen-bond acceptors (Lipinski definition) is 13. The van der Waals surface area contributed by atoms with E-state index >= 15 is 0 Å². The molecule has 2 aliphatic heterocycles. The fourth-order valence-corrected chi connectivity index (χ4v) is 5.36. The van der Waals surface area contributed by atoms with E-state index in [0.717, 1.165) is 80.7 Å². The number of nitrogens with one attached hydrogen (secondary N) is 1. The minimum atomic E-state index is 0.233. The largest absolute Gasteiger partial charge is 0.393 e. The van der Waals surface area contributed by atoms with Crippen LogP contribution in [0.2, 0.25) is 0 Å². The van der Waals surface area contributed by atoms with Crippen LogP contribution < -0.4 is 36.6 Å². The second-order valence-corrected chi connectivity index (χ2v) is 11.6. The molecule has 1 aromatic carbocycles. The van der Waals surface area contributed by atoms with Crippen LogP contribution in [0.5, 0.6) is 0 Å². The van der Waals surface area contributed by atoms with E-state index in [1.54, 1.807) is 37.0 Å². The normalized spacial score (nSPS) is 18.3. The average molecular weight is 587 g/mol. The van der Waals surface area contributed by atoms with E-state index in [1.807, 2.05) is 60.9 Å². The highest BCUT2D eigenvalue weighted by Crippen LogP contribution is 2.24. The van der Waals surface area contributed by atoms with E-state index in [2.05, 4.69) is 24.4 Å². The predicted molar refractivity (Wildman–Crippen MR) is 170 cm³/mol. The molecule has 1 aromatic heterocycles. The number of carbonyl (C=O) groups excluding carboxylic acids is 1. The van der Waals surface area contributed by atoms with Crippen LogP contribution in [0.1, 0.15) is 22.5 Å². The molecule has 0 saturated carbocycles. The summed E-state index contributed by atoms with van der Waals surface area (Å²) in [6.45, 7) is 7.32. The zero-order chi connectivity index (χ0) is 29.1. The molecule has 0 amide bonds. The molecule has 2 saturated heterocycles. The summed E-state index contributed by atoms with van der Waals surface area (Å²) < 4.78 is 4.21. The summed E-state index contributed by atoms with van der Waals surface area (Å²) in [6, 6.07) is 9.81. The van der Waals surface area contributed by atoms with Crippen LogP contribution in [0.25, 0.3) is 0 Å². The van der Waals surface area contributed by atoms with Gasteiger partial charge in [-0.25, -0.2) is 9.29 Å². The Morgan fingerprint density at radius 1 is 1.10 bits per heavy atom. The Labute approximate surface area is 246 Å². The Kier molecular flexibility index (Phi) is 12.2. The van der Waals surface area contributed by atoms with E-state index in [9.17, 15) is 4.79 Å². The first-order chi connectivity index (χ1) is 19.2. The Hall–Kier alpha value is -3.13. The summed E-state index contributed by atoms with van der Waals surface area (Å²) in [5.74, 6) is 2.36. The molecular formula is C27H42N10OS2. The molecule has 4 rings (SSSR count). The van der Waals surface area contributed by atoms with Crippen molar-refractivity contribution in [3.63, 3.8) is 0 Å². The third-order valence-electron chi connectivity index (χ3n) is 6.53. The van der Waals surface area contributed by atoms with Gasteiger partial charge in [-0.3, -0.25) is 4.79 Å². The topological polar surface area (TPSA) is 146 Å². The van der Waals surface area contributed by atoms with Crippen LogP contribution in [0.4, 0.5) is 17.5 Å². The van der Waals surface area contributed by atoms with E-state index in [1.165, 1.54) is 0 Å². The highest BCUT2D eigenvalue weighted by atomic mass is 32.2. The standard InChI is InChI=1S/C18H31N9S.C9H11NOS/c1-13-11-17(26-6-5-14(19)12-26)24-18(23-13)25-7-9-27(10-8-25)28-16(21)4-3-15(20)22-2;1-10(12-2)9-6-4-3-5-8(9)7-11/h3-4,11,14,22H,5-10,12,19-21H2,1-2H3;3-7H,1-2H3/b15-3+,16-4+;. The minimum absolute atomic E-state index is 0.233. The number of aldehydes is 1. The van der Waals surface area contributed by atoms with Gasteiger partial charge in [-0.15, -0.1) is 0 Å². The van der Waals surface area contributed by atoms with Gasteiger partial charge in [-0.05, 0) is 49.6 Å². The first-order valence-corrected chi connectivity index (χ1v) is 15.2. The second kappa shape index (κ2) is 15.6. The maximum atomic E-state index is 10.6. The van der Waals surface area contributed by atoms with Crippen molar-refractivity contribution in [1.82, 2.24) is 19.6 Å². The molecule has 40 heavy (non-hydrogen) atoms. The maximum Gasteiger partial charge on any atom is 0.227 e. The van der Waals surface area contributed by atoms with Crippen LogP contribution in [0.15, 0.2) is 53.3 Å². The van der Waals surface area contributed by atoms with Crippen molar-refractivity contribution in [2.45, 2.75) is 19.4 Å². The van der Waals surface area contributed by atoms with Crippen molar-refractivity contribution in [3.05, 3.63) is 64.6 Å². The van der Waals surface area contributed by atoms with Crippen molar-refractivity contribution in [1.29, 1.82) is 0 Å². The Morgan fingerprint density at radius 3 is 2.45 bits per heavy atom. The number of benzene rings is 1. The molecule has 2 aromatic rings. The van der Waals surface area contributed by atoms with Gasteiger partial charge in [0.2, 0.25) is 5.95 Å². The number of nitrogens with two attached hydrogens (primary N) is 3. The number of aromatic nitrogens is 2. The van der Waals surface area contributed by atoms with Crippen molar-refractivity contribution in [2.75, 3.05) is 73.7 Å². The quantitative estimate of drug-likeness (QED) is 0.193. The van der Waals surface area contributed by atoms with Crippen LogP contribution in [0.3, 0.4) is 0 Å². The smallest absolute Gasteiger partial charge is 0.227 e. The summed E-state index contributed by atoms with van der Waals surface area (Å²) in [5, 5.41) is 3.58. The zero-order valence-corrected chi connectivity index (χ0v) is 25.4. The highest BCUT2D eigenvalue weighted by Gasteiger charge is 2.24. The lowest BCUT2D eigenvalue weighted by atomic mass is 10.2. The summed E-state index contributed by atoms with van der Waals surface area (Å²) in [6.07, 6.45) is 7.45. The number of hydrogen-bond donors (Lipinski definition) is 4. The lowest BCUT2D eigenvalue weighted by Crippen LogP contribution is -2.44. The Morgan fingerprint density at radius 2 is 1.82 bits per heavy atom. The van der Waals surface area contributed by atoms with E-state index in [-0.39, 0.29) is 6.04 Å². The fraction of sp³-hybridized carbons (Fsp3) is 0.444. The summed E-state index contributed by atoms with van der Waals surface area (Å²) in [4.78, 5) is 24.6. The fourth-order valence-electron chi connectivity index (χ4n) is 4.22. The molecule has 0 bridgehead atoms. The Bertz CT molecular complexity index is 1170. The maximum absolute atomic E-state index is 10.6. The minimum Gasteiger partial charge on any atom is -0.393 e. The van der Waals surface area contributed by atoms with Gasteiger partial charge in [0.05, 0.1) is 16.5 Å². The molecule has 3 heterocycles. The number of allylic oxidation sites excluding steroid dienone is 2. The molecular weight excluding hydrogens is 545 g/mol. The molecule has 11 nitrogen and oxygen atoms in total. The number of nitrogens with zero attached hydrogens (tertiary/aromatic N) is 6. The molecule has 0 aliphatic carbocycles. The van der Waals surface area contributed by atoms with Gasteiger partial charge in [0.1, 0.15) is 5.82 Å². The van der Waals surface area contributed by atoms with Gasteiger partial charge in [-0.1, -0.05) is 24.1 Å². The van der Waals surface area contributed by atoms with Crippen molar-refractivity contribution < 1.29 is 4.79 Å². The summed E-state index contributed by atoms with van der Waals surface area (Å²) >= 11 is 3.13. The lowest BCUT2D eigenvalue weighted by Gasteiger charge is -2.34. The number of anilines is 3. The van der Waals surface area contributed by atoms with Crippen LogP contribution in [0, 0.1) is 6.92 Å². The molecule has 1 unspecified atom stereocenters. The number of aryl methyl sites for hydroxylation is 1. The van der Waals surface area contributed by atoms with E-state index in [4.69, 9.17) is 22.2 Å². The van der Waals surface area contributed by atoms with E-state index in [0.29, 0.717) is 10.9 Å². The lowest BCUT2D eigenvalue weighted by molar-refractivity contribution is 0.112. The molecule has 1 atom stereocenters. The number of rotatable bonds is 9. The number of para-hydroxylation sites is 1. The summed E-state index contributed by atoms with van der Waals surface area (Å²) in [7, 11) is 3.71. The number of piperazine rings is 1. The summed E-state index contributed by atoms with van der Waals surface area (Å²) in [5.41, 5.74) is 20.5. The monoisotopic (exact) mass is 586 g/mol. The van der Waals surface area contributed by atoms with Gasteiger partial charge in [0.15, 0.2) is 6.29 Å². The number of carbonyl (C=O) groups is 1. The van der Waals surface area contributed by atoms with Crippen LogP contribution in [-0.4, -0.2) is 86.2 Å². The SMILES string of the molecule is CN/C(N)=C/C=C(\N)SN1CCN(c2nc(C)cc(N3CCC(N)C3)n2)CC1.CSN(C)c1ccccc1C=O. The molecule has 7 N–H and O–H groups in total. The van der Waals surface area contributed by atoms with Crippen molar-refractivity contribution in [2.24, 2.45) is 17.2 Å². The van der Waals surface area contributed by atoms with E-state index < -0.39 is 0 Å². The van der Waals surface area contributed by atoms with Gasteiger partial charge in [-0.2, -0.15) is 4.98 Å². The van der Waals surface area contributed by atoms with Gasteiger partial charge >= 0.3 is 0 Å². The first-order valence-electron chi connectivity index (χ1n) is 13.2. The molecule has 13 heteroatoms. The molecule has 0 spiro atoms. The average Bonchev–Trinajstić information content (AvgIpc) is 3.42. The van der Waals surface area contributed by atoms with Gasteiger partial charge < -0.3 is 36.6 Å². The third-order valence-corrected chi connectivity index (χ3v) is 8.24. The predicted octanol–water partition coefficient (Wildman–Crippen LogP) is 2.13. The second-order valence-electron chi connectivity index (χ2n) is 9.47. The molecule has 0 radical (unpaired) electrons. The zero-order valence-electron chi connectivity index (χ0n) is 23.8. The van der Waals surface area contributed by atoms with Crippen LogP contribution in [-0.2, 0) is 0 Å². The van der Waals surface area contributed by atoms with Gasteiger partial charge in [0, 0.05) is 83.0 Å². The Balaban J connectivity index is 0.000000307. The van der Waals surface area contributed by atoms with Crippen molar-refractivity contribution in [3.8, 4) is 0 Å². The first kappa shape index (κ1) is 31.4. The molecule has 218 valence electrons. The highest BCUT2D eigenvalue weighted by molar-refractivity contribution is 8.00. The molecule has 2 aliphatic rings.